The number of ether oxygens (including phenoxy) is 1. The zero-order valence-electron chi connectivity index (χ0n) is 11.9. The molecule has 0 bridgehead atoms. The number of urea groups is 1. The lowest BCUT2D eigenvalue weighted by molar-refractivity contribution is 0.162. The highest BCUT2D eigenvalue weighted by molar-refractivity contribution is 5.90. The second kappa shape index (κ2) is 8.82. The van der Waals surface area contributed by atoms with Crippen molar-refractivity contribution in [2.75, 3.05) is 18.5 Å². The maximum atomic E-state index is 13.2. The molecule has 21 heavy (non-hydrogen) atoms. The van der Waals surface area contributed by atoms with Crippen molar-refractivity contribution in [1.29, 1.82) is 0 Å². The summed E-state index contributed by atoms with van der Waals surface area (Å²) in [6.07, 6.45) is 5.90. The molecule has 1 unspecified atom stereocenters. The van der Waals surface area contributed by atoms with Crippen molar-refractivity contribution in [3.05, 3.63) is 24.0 Å². The van der Waals surface area contributed by atoms with Gasteiger partial charge in [-0.2, -0.15) is 0 Å². The van der Waals surface area contributed by atoms with Crippen molar-refractivity contribution in [2.45, 2.75) is 25.9 Å². The molecule has 3 N–H and O–H groups in total. The summed E-state index contributed by atoms with van der Waals surface area (Å²) < 4.78 is 18.4. The van der Waals surface area contributed by atoms with E-state index in [9.17, 15) is 14.3 Å². The molecule has 0 aliphatic carbocycles. The first kappa shape index (κ1) is 16.8. The monoisotopic (exact) mass is 294 g/mol. The Kier molecular flexibility index (Phi) is 7.05. The van der Waals surface area contributed by atoms with E-state index < -0.39 is 18.0 Å². The highest BCUT2D eigenvalue weighted by Crippen LogP contribution is 2.25. The van der Waals surface area contributed by atoms with Crippen LogP contribution in [0.3, 0.4) is 0 Å². The smallest absolute Gasteiger partial charge is 0.319 e. The molecule has 5 nitrogen and oxygen atoms in total. The number of anilines is 1. The summed E-state index contributed by atoms with van der Waals surface area (Å²) in [5.41, 5.74) is 0.174. The zero-order chi connectivity index (χ0) is 15.7. The number of hydrogen-bond acceptors (Lipinski definition) is 3. The van der Waals surface area contributed by atoms with Crippen molar-refractivity contribution < 1.29 is 19.0 Å². The molecule has 1 atom stereocenters. The molecule has 0 saturated heterocycles. The van der Waals surface area contributed by atoms with E-state index >= 15 is 0 Å². The molecule has 114 valence electrons. The molecule has 0 aromatic heterocycles. The Morgan fingerprint density at radius 2 is 2.33 bits per heavy atom. The Hall–Kier alpha value is -2.26. The molecule has 2 amide bonds. The van der Waals surface area contributed by atoms with Crippen LogP contribution in [0, 0.1) is 18.2 Å². The Morgan fingerprint density at radius 3 is 3.00 bits per heavy atom. The van der Waals surface area contributed by atoms with Gasteiger partial charge in [0.2, 0.25) is 0 Å². The van der Waals surface area contributed by atoms with Crippen molar-refractivity contribution in [1.82, 2.24) is 5.32 Å². The van der Waals surface area contributed by atoms with Crippen LogP contribution in [0.1, 0.15) is 19.8 Å². The number of amides is 2. The summed E-state index contributed by atoms with van der Waals surface area (Å²) >= 11 is 0. The van der Waals surface area contributed by atoms with E-state index in [1.165, 1.54) is 12.1 Å². The first-order chi connectivity index (χ1) is 10.1. The van der Waals surface area contributed by atoms with Gasteiger partial charge in [0, 0.05) is 12.6 Å². The van der Waals surface area contributed by atoms with Crippen LogP contribution in [0.15, 0.2) is 18.2 Å². The molecule has 1 aromatic carbocycles. The molecule has 0 spiro atoms. The fourth-order valence-corrected chi connectivity index (χ4v) is 1.66. The van der Waals surface area contributed by atoms with E-state index in [-0.39, 0.29) is 24.6 Å². The van der Waals surface area contributed by atoms with E-state index in [0.29, 0.717) is 6.42 Å². The first-order valence-corrected chi connectivity index (χ1v) is 6.65. The number of terminal acetylenes is 1. The standard InChI is InChI=1S/C15H19FN2O3/c1-3-5-12(19)10-17-15(20)18-13-9-11(16)6-7-14(13)21-8-4-2/h2,6-7,9,12,19H,3,5,8,10H2,1H3,(H2,17,18,20). The second-order valence-electron chi connectivity index (χ2n) is 4.41. The summed E-state index contributed by atoms with van der Waals surface area (Å²) in [6, 6.07) is 3.17. The lowest BCUT2D eigenvalue weighted by atomic mass is 10.2. The number of carbonyl (C=O) groups excluding carboxylic acids is 1. The highest BCUT2D eigenvalue weighted by atomic mass is 19.1. The summed E-state index contributed by atoms with van der Waals surface area (Å²) in [4.78, 5) is 11.7. The van der Waals surface area contributed by atoms with Crippen LogP contribution in [0.25, 0.3) is 0 Å². The number of hydrogen-bond donors (Lipinski definition) is 3. The van der Waals surface area contributed by atoms with Gasteiger partial charge >= 0.3 is 6.03 Å². The average molecular weight is 294 g/mol. The summed E-state index contributed by atoms with van der Waals surface area (Å²) in [5.74, 6) is 2.05. The minimum atomic E-state index is -0.606. The minimum absolute atomic E-state index is 0.0111. The summed E-state index contributed by atoms with van der Waals surface area (Å²) in [7, 11) is 0. The van der Waals surface area contributed by atoms with Crippen LogP contribution in [0.2, 0.25) is 0 Å². The van der Waals surface area contributed by atoms with E-state index in [1.54, 1.807) is 0 Å². The summed E-state index contributed by atoms with van der Waals surface area (Å²) in [5, 5.41) is 14.5. The molecule has 1 rings (SSSR count). The van der Waals surface area contributed by atoms with E-state index in [0.717, 1.165) is 12.5 Å². The fraction of sp³-hybridized carbons (Fsp3) is 0.400. The number of halogens is 1. The topological polar surface area (TPSA) is 70.6 Å². The third kappa shape index (κ3) is 6.15. The van der Waals surface area contributed by atoms with Crippen LogP contribution in [-0.2, 0) is 0 Å². The predicted octanol–water partition coefficient (Wildman–Crippen LogP) is 2.12. The largest absolute Gasteiger partial charge is 0.479 e. The second-order valence-corrected chi connectivity index (χ2v) is 4.41. The van der Waals surface area contributed by atoms with Gasteiger partial charge in [0.15, 0.2) is 0 Å². The number of nitrogens with one attached hydrogen (secondary N) is 2. The Morgan fingerprint density at radius 1 is 1.57 bits per heavy atom. The SMILES string of the molecule is C#CCOc1ccc(F)cc1NC(=O)NCC(O)CCC. The number of carbonyl (C=O) groups is 1. The molecule has 0 aliphatic heterocycles. The number of rotatable bonds is 7. The number of aliphatic hydroxyl groups excluding tert-OH is 1. The average Bonchev–Trinajstić information content (AvgIpc) is 2.45. The van der Waals surface area contributed by atoms with Gasteiger partial charge in [-0.1, -0.05) is 19.3 Å². The number of aliphatic hydroxyl groups is 1. The molecule has 0 fully saturated rings. The van der Waals surface area contributed by atoms with Gasteiger partial charge < -0.3 is 20.5 Å². The third-order valence-corrected chi connectivity index (χ3v) is 2.62. The Labute approximate surface area is 123 Å². The number of benzene rings is 1. The van der Waals surface area contributed by atoms with Crippen LogP contribution in [0.4, 0.5) is 14.9 Å². The quantitative estimate of drug-likeness (QED) is 0.675. The first-order valence-electron chi connectivity index (χ1n) is 6.65. The van der Waals surface area contributed by atoms with Gasteiger partial charge in [-0.05, 0) is 18.6 Å². The molecule has 0 heterocycles. The van der Waals surface area contributed by atoms with Crippen molar-refractivity contribution in [3.8, 4) is 18.1 Å². The molecule has 0 aliphatic rings. The van der Waals surface area contributed by atoms with Gasteiger partial charge in [-0.3, -0.25) is 0 Å². The summed E-state index contributed by atoms with van der Waals surface area (Å²) in [6.45, 7) is 2.07. The van der Waals surface area contributed by atoms with E-state index in [4.69, 9.17) is 11.2 Å². The van der Waals surface area contributed by atoms with Crippen molar-refractivity contribution in [2.24, 2.45) is 0 Å². The van der Waals surface area contributed by atoms with E-state index in [1.807, 2.05) is 6.92 Å². The maximum absolute atomic E-state index is 13.2. The predicted molar refractivity (Wildman–Crippen MR) is 78.7 cm³/mol. The lowest BCUT2D eigenvalue weighted by Gasteiger charge is -2.14. The zero-order valence-corrected chi connectivity index (χ0v) is 11.9. The third-order valence-electron chi connectivity index (χ3n) is 2.62. The van der Waals surface area contributed by atoms with Crippen molar-refractivity contribution >= 4 is 11.7 Å². The van der Waals surface area contributed by atoms with Gasteiger partial charge in [-0.25, -0.2) is 9.18 Å². The van der Waals surface area contributed by atoms with Crippen LogP contribution in [0.5, 0.6) is 5.75 Å². The van der Waals surface area contributed by atoms with Crippen LogP contribution >= 0.6 is 0 Å². The lowest BCUT2D eigenvalue weighted by Crippen LogP contribution is -2.35. The molecular formula is C15H19FN2O3. The molecule has 6 heteroatoms. The normalized spacial score (nSPS) is 11.3. The van der Waals surface area contributed by atoms with Crippen molar-refractivity contribution in [3.63, 3.8) is 0 Å². The van der Waals surface area contributed by atoms with Gasteiger partial charge in [0.25, 0.3) is 0 Å². The molecular weight excluding hydrogens is 275 g/mol. The van der Waals surface area contributed by atoms with E-state index in [2.05, 4.69) is 16.6 Å². The Balaban J connectivity index is 2.62. The van der Waals surface area contributed by atoms with Crippen LogP contribution < -0.4 is 15.4 Å². The van der Waals surface area contributed by atoms with Gasteiger partial charge in [0.05, 0.1) is 11.8 Å². The highest BCUT2D eigenvalue weighted by Gasteiger charge is 2.10. The minimum Gasteiger partial charge on any atom is -0.479 e. The van der Waals surface area contributed by atoms with Crippen LogP contribution in [-0.4, -0.2) is 30.4 Å². The molecule has 0 radical (unpaired) electrons. The Bertz CT molecular complexity index is 514. The maximum Gasteiger partial charge on any atom is 0.319 e. The van der Waals surface area contributed by atoms with Gasteiger partial charge in [-0.15, -0.1) is 6.42 Å². The molecule has 0 saturated carbocycles. The molecule has 1 aromatic rings. The fourth-order valence-electron chi connectivity index (χ4n) is 1.66. The van der Waals surface area contributed by atoms with Gasteiger partial charge in [0.1, 0.15) is 18.2 Å².